The maximum absolute atomic E-state index is 13.1. The van der Waals surface area contributed by atoms with Crippen molar-refractivity contribution in [3.05, 3.63) is 59.1 Å². The summed E-state index contributed by atoms with van der Waals surface area (Å²) in [5.74, 6) is -0.248. The van der Waals surface area contributed by atoms with E-state index in [4.69, 9.17) is 16.3 Å². The Balaban J connectivity index is 1.65. The van der Waals surface area contributed by atoms with Gasteiger partial charge in [0.15, 0.2) is 0 Å². The van der Waals surface area contributed by atoms with Gasteiger partial charge in [0, 0.05) is 24.7 Å². The number of benzene rings is 2. The van der Waals surface area contributed by atoms with Gasteiger partial charge >= 0.3 is 0 Å². The molecular formula is C21H25ClN2O4S. The molecular weight excluding hydrogens is 412 g/mol. The second kappa shape index (κ2) is 9.61. The average molecular weight is 437 g/mol. The van der Waals surface area contributed by atoms with Gasteiger partial charge in [-0.1, -0.05) is 41.9 Å². The highest BCUT2D eigenvalue weighted by Gasteiger charge is 2.34. The predicted molar refractivity (Wildman–Crippen MR) is 113 cm³/mol. The van der Waals surface area contributed by atoms with Gasteiger partial charge < -0.3 is 10.1 Å². The number of halogens is 1. The van der Waals surface area contributed by atoms with Crippen LogP contribution < -0.4 is 10.1 Å². The fourth-order valence-corrected chi connectivity index (χ4v) is 5.43. The zero-order valence-electron chi connectivity index (χ0n) is 16.3. The first-order chi connectivity index (χ1) is 13.9. The second-order valence-corrected chi connectivity index (χ2v) is 9.37. The van der Waals surface area contributed by atoms with Crippen LogP contribution in [0, 0.1) is 5.92 Å². The molecule has 8 heteroatoms. The molecule has 1 amide bonds. The van der Waals surface area contributed by atoms with E-state index in [0.717, 1.165) is 12.0 Å². The highest BCUT2D eigenvalue weighted by Crippen LogP contribution is 2.31. The minimum Gasteiger partial charge on any atom is -0.495 e. The summed E-state index contributed by atoms with van der Waals surface area (Å²) in [7, 11) is -2.40. The predicted octanol–water partition coefficient (Wildman–Crippen LogP) is 3.11. The summed E-state index contributed by atoms with van der Waals surface area (Å²) in [4.78, 5) is 12.6. The zero-order valence-corrected chi connectivity index (χ0v) is 17.9. The Bertz CT molecular complexity index is 950. The molecule has 1 aliphatic rings. The fourth-order valence-electron chi connectivity index (χ4n) is 3.48. The summed E-state index contributed by atoms with van der Waals surface area (Å²) in [5.41, 5.74) is 1.15. The molecule has 1 aliphatic heterocycles. The van der Waals surface area contributed by atoms with E-state index in [9.17, 15) is 13.2 Å². The monoisotopic (exact) mass is 436 g/mol. The topological polar surface area (TPSA) is 75.7 Å². The van der Waals surface area contributed by atoms with E-state index in [1.807, 2.05) is 30.3 Å². The quantitative estimate of drug-likeness (QED) is 0.723. The van der Waals surface area contributed by atoms with Crippen LogP contribution in [0.4, 0.5) is 0 Å². The third-order valence-corrected chi connectivity index (χ3v) is 7.18. The largest absolute Gasteiger partial charge is 0.495 e. The van der Waals surface area contributed by atoms with Crippen LogP contribution in [-0.4, -0.2) is 45.4 Å². The summed E-state index contributed by atoms with van der Waals surface area (Å²) < 4.78 is 32.8. The van der Waals surface area contributed by atoms with Gasteiger partial charge in [-0.25, -0.2) is 8.42 Å². The lowest BCUT2D eigenvalue weighted by Crippen LogP contribution is -2.45. The first kappa shape index (κ1) is 21.6. The number of amides is 1. The number of carbonyl (C=O) groups is 1. The van der Waals surface area contributed by atoms with Crippen molar-refractivity contribution in [1.29, 1.82) is 0 Å². The number of piperidine rings is 1. The number of rotatable bonds is 7. The SMILES string of the molecule is COc1ccc(Cl)cc1S(=O)(=O)N1CCC[C@H](C(=O)NCCc2ccccc2)C1. The summed E-state index contributed by atoms with van der Waals surface area (Å²) in [6, 6.07) is 14.4. The van der Waals surface area contributed by atoms with Crippen molar-refractivity contribution in [2.45, 2.75) is 24.2 Å². The number of nitrogens with one attached hydrogen (secondary N) is 1. The van der Waals surface area contributed by atoms with Crippen LogP contribution in [0.2, 0.25) is 5.02 Å². The standard InChI is InChI=1S/C21H25ClN2O4S/c1-28-19-10-9-18(22)14-20(19)29(26,27)24-13-5-8-17(15-24)21(25)23-12-11-16-6-3-2-4-7-16/h2-4,6-7,9-10,14,17H,5,8,11-13,15H2,1H3,(H,23,25)/t17-/m0/s1. The van der Waals surface area contributed by atoms with E-state index in [2.05, 4.69) is 5.32 Å². The Morgan fingerprint density at radius 3 is 2.72 bits per heavy atom. The molecule has 0 aliphatic carbocycles. The van der Waals surface area contributed by atoms with Gasteiger partial charge in [-0.2, -0.15) is 4.31 Å². The lowest BCUT2D eigenvalue weighted by Gasteiger charge is -2.31. The first-order valence-corrected chi connectivity index (χ1v) is 11.4. The van der Waals surface area contributed by atoms with Gasteiger partial charge in [0.1, 0.15) is 10.6 Å². The molecule has 1 N–H and O–H groups in total. The van der Waals surface area contributed by atoms with Gasteiger partial charge in [0.25, 0.3) is 0 Å². The molecule has 1 atom stereocenters. The summed E-state index contributed by atoms with van der Waals surface area (Å²) in [6.45, 7) is 1.04. The highest BCUT2D eigenvalue weighted by atomic mass is 35.5. The number of hydrogen-bond acceptors (Lipinski definition) is 4. The van der Waals surface area contributed by atoms with Crippen LogP contribution in [0.5, 0.6) is 5.75 Å². The second-order valence-electron chi connectivity index (χ2n) is 7.02. The van der Waals surface area contributed by atoms with Gasteiger partial charge in [0.2, 0.25) is 15.9 Å². The number of hydrogen-bond donors (Lipinski definition) is 1. The molecule has 6 nitrogen and oxygen atoms in total. The van der Waals surface area contributed by atoms with Crippen molar-refractivity contribution >= 4 is 27.5 Å². The van der Waals surface area contributed by atoms with Crippen LogP contribution in [0.3, 0.4) is 0 Å². The van der Waals surface area contributed by atoms with Crippen molar-refractivity contribution in [2.75, 3.05) is 26.7 Å². The molecule has 1 heterocycles. The Kier molecular flexibility index (Phi) is 7.16. The van der Waals surface area contributed by atoms with Crippen LogP contribution in [-0.2, 0) is 21.2 Å². The zero-order chi connectivity index (χ0) is 20.9. The van der Waals surface area contributed by atoms with Crippen molar-refractivity contribution < 1.29 is 17.9 Å². The van der Waals surface area contributed by atoms with Crippen LogP contribution >= 0.6 is 11.6 Å². The Hall–Kier alpha value is -2.09. The summed E-state index contributed by atoms with van der Waals surface area (Å²) in [6.07, 6.45) is 2.02. The molecule has 0 unspecified atom stereocenters. The number of nitrogens with zero attached hydrogens (tertiary/aromatic N) is 1. The fraction of sp³-hybridized carbons (Fsp3) is 0.381. The molecule has 156 valence electrons. The molecule has 0 bridgehead atoms. The number of methoxy groups -OCH3 is 1. The van der Waals surface area contributed by atoms with Crippen LogP contribution in [0.15, 0.2) is 53.4 Å². The maximum atomic E-state index is 13.1. The average Bonchev–Trinajstić information content (AvgIpc) is 2.74. The molecule has 29 heavy (non-hydrogen) atoms. The smallest absolute Gasteiger partial charge is 0.246 e. The van der Waals surface area contributed by atoms with Gasteiger partial charge in [-0.05, 0) is 43.0 Å². The molecule has 1 fully saturated rings. The van der Waals surface area contributed by atoms with E-state index < -0.39 is 10.0 Å². The van der Waals surface area contributed by atoms with E-state index in [1.165, 1.54) is 23.5 Å². The Morgan fingerprint density at radius 2 is 2.00 bits per heavy atom. The Morgan fingerprint density at radius 1 is 1.24 bits per heavy atom. The maximum Gasteiger partial charge on any atom is 0.246 e. The molecule has 0 aromatic heterocycles. The van der Waals surface area contributed by atoms with E-state index >= 15 is 0 Å². The summed E-state index contributed by atoms with van der Waals surface area (Å²) >= 11 is 6.00. The van der Waals surface area contributed by atoms with Crippen molar-refractivity contribution in [2.24, 2.45) is 5.92 Å². The minimum atomic E-state index is -3.81. The van der Waals surface area contributed by atoms with Gasteiger partial charge in [0.05, 0.1) is 13.0 Å². The van der Waals surface area contributed by atoms with E-state index in [-0.39, 0.29) is 29.0 Å². The summed E-state index contributed by atoms with van der Waals surface area (Å²) in [5, 5.41) is 3.25. The third kappa shape index (κ3) is 5.29. The van der Waals surface area contributed by atoms with Crippen molar-refractivity contribution in [3.63, 3.8) is 0 Å². The number of ether oxygens (including phenoxy) is 1. The molecule has 0 spiro atoms. The van der Waals surface area contributed by atoms with Crippen molar-refractivity contribution in [1.82, 2.24) is 9.62 Å². The number of carbonyl (C=O) groups excluding carboxylic acids is 1. The molecule has 0 radical (unpaired) electrons. The third-order valence-electron chi connectivity index (χ3n) is 5.05. The molecule has 0 saturated carbocycles. The highest BCUT2D eigenvalue weighted by molar-refractivity contribution is 7.89. The van der Waals surface area contributed by atoms with Crippen LogP contribution in [0.25, 0.3) is 0 Å². The molecule has 1 saturated heterocycles. The molecule has 3 rings (SSSR count). The van der Waals surface area contributed by atoms with E-state index in [1.54, 1.807) is 6.07 Å². The molecule has 2 aromatic carbocycles. The normalized spacial score (nSPS) is 17.7. The van der Waals surface area contributed by atoms with Crippen LogP contribution in [0.1, 0.15) is 18.4 Å². The first-order valence-electron chi connectivity index (χ1n) is 9.57. The molecule has 2 aromatic rings. The van der Waals surface area contributed by atoms with Crippen molar-refractivity contribution in [3.8, 4) is 5.75 Å². The lowest BCUT2D eigenvalue weighted by atomic mass is 9.99. The van der Waals surface area contributed by atoms with E-state index in [0.29, 0.717) is 31.0 Å². The van der Waals surface area contributed by atoms with Gasteiger partial charge in [-0.3, -0.25) is 4.79 Å². The Labute approximate surface area is 176 Å². The van der Waals surface area contributed by atoms with Gasteiger partial charge in [-0.15, -0.1) is 0 Å². The lowest BCUT2D eigenvalue weighted by molar-refractivity contribution is -0.126. The number of sulfonamides is 1. The minimum absolute atomic E-state index is 0.0256.